The molecule has 7 nitrogen and oxygen atoms in total. The summed E-state index contributed by atoms with van der Waals surface area (Å²) >= 11 is 3.30. The lowest BCUT2D eigenvalue weighted by molar-refractivity contribution is 0.0596. The van der Waals surface area contributed by atoms with Gasteiger partial charge in [-0.25, -0.2) is 10.3 Å². The number of halogens is 1. The molecular formula is C19H13BrN4O3. The van der Waals surface area contributed by atoms with Crippen molar-refractivity contribution in [2.45, 2.75) is 0 Å². The minimum atomic E-state index is -0.506. The van der Waals surface area contributed by atoms with Crippen molar-refractivity contribution in [3.63, 3.8) is 0 Å². The Morgan fingerprint density at radius 2 is 1.70 bits per heavy atom. The third-order valence-corrected chi connectivity index (χ3v) is 3.90. The molecular weight excluding hydrogens is 412 g/mol. The molecule has 1 N–H and O–H groups in total. The Bertz CT molecular complexity index is 959. The molecule has 3 aromatic rings. The predicted octanol–water partition coefficient (Wildman–Crippen LogP) is 4.95. The van der Waals surface area contributed by atoms with Gasteiger partial charge in [-0.1, -0.05) is 15.9 Å². The SMILES string of the molecule is O=C(N=Nc1ccc(NOC(=O)c2ccc(Br)cc2)cc1)c1cccnc1. The van der Waals surface area contributed by atoms with Gasteiger partial charge in [0, 0.05) is 16.9 Å². The molecule has 0 fully saturated rings. The van der Waals surface area contributed by atoms with Crippen LogP contribution < -0.4 is 5.48 Å². The Morgan fingerprint density at radius 3 is 2.37 bits per heavy atom. The molecule has 0 aliphatic carbocycles. The maximum atomic E-state index is 11.9. The molecule has 2 aromatic carbocycles. The van der Waals surface area contributed by atoms with Gasteiger partial charge in [-0.05, 0) is 60.7 Å². The molecule has 1 heterocycles. The van der Waals surface area contributed by atoms with E-state index in [-0.39, 0.29) is 0 Å². The maximum Gasteiger partial charge on any atom is 0.362 e. The number of amides is 1. The number of benzene rings is 2. The second-order valence-corrected chi connectivity index (χ2v) is 6.21. The average Bonchev–Trinajstić information content (AvgIpc) is 2.72. The summed E-state index contributed by atoms with van der Waals surface area (Å²) in [6.07, 6.45) is 3.00. The van der Waals surface area contributed by atoms with Gasteiger partial charge >= 0.3 is 5.97 Å². The first-order chi connectivity index (χ1) is 13.1. The van der Waals surface area contributed by atoms with Crippen LogP contribution in [0.2, 0.25) is 0 Å². The van der Waals surface area contributed by atoms with Crippen LogP contribution in [0, 0.1) is 0 Å². The van der Waals surface area contributed by atoms with Gasteiger partial charge in [0.1, 0.15) is 0 Å². The van der Waals surface area contributed by atoms with E-state index in [4.69, 9.17) is 4.84 Å². The highest BCUT2D eigenvalue weighted by atomic mass is 79.9. The smallest absolute Gasteiger partial charge is 0.338 e. The minimum absolute atomic E-state index is 0.361. The second-order valence-electron chi connectivity index (χ2n) is 5.29. The molecule has 0 radical (unpaired) electrons. The summed E-state index contributed by atoms with van der Waals surface area (Å²) in [7, 11) is 0. The van der Waals surface area contributed by atoms with Crippen molar-refractivity contribution in [3.05, 3.63) is 88.7 Å². The maximum absolute atomic E-state index is 11.9. The van der Waals surface area contributed by atoms with Crippen molar-refractivity contribution in [3.8, 4) is 0 Å². The topological polar surface area (TPSA) is 93.0 Å². The second kappa shape index (κ2) is 8.81. The highest BCUT2D eigenvalue weighted by Crippen LogP contribution is 2.18. The number of pyridine rings is 1. The number of carbonyl (C=O) groups excluding carboxylic acids is 2. The summed E-state index contributed by atoms with van der Waals surface area (Å²) in [6, 6.07) is 16.6. The fraction of sp³-hybridized carbons (Fsp3) is 0. The molecule has 0 bridgehead atoms. The Kier molecular flexibility index (Phi) is 6.01. The summed E-state index contributed by atoms with van der Waals surface area (Å²) in [4.78, 5) is 32.7. The van der Waals surface area contributed by atoms with Crippen LogP contribution in [0.5, 0.6) is 0 Å². The van der Waals surface area contributed by atoms with Crippen LogP contribution in [0.25, 0.3) is 0 Å². The summed E-state index contributed by atoms with van der Waals surface area (Å²) in [6.45, 7) is 0. The lowest BCUT2D eigenvalue weighted by atomic mass is 10.2. The summed E-state index contributed by atoms with van der Waals surface area (Å²) in [5, 5.41) is 7.53. The van der Waals surface area contributed by atoms with Crippen molar-refractivity contribution in [1.82, 2.24) is 4.98 Å². The summed E-state index contributed by atoms with van der Waals surface area (Å²) in [5.74, 6) is -0.984. The Labute approximate surface area is 163 Å². The highest BCUT2D eigenvalue weighted by Gasteiger charge is 2.07. The Morgan fingerprint density at radius 1 is 0.963 bits per heavy atom. The fourth-order valence-electron chi connectivity index (χ4n) is 2.00. The number of aromatic nitrogens is 1. The minimum Gasteiger partial charge on any atom is -0.338 e. The van der Waals surface area contributed by atoms with E-state index in [1.807, 2.05) is 0 Å². The molecule has 1 amide bonds. The first-order valence-corrected chi connectivity index (χ1v) is 8.60. The lowest BCUT2D eigenvalue weighted by Crippen LogP contribution is -2.10. The average molecular weight is 425 g/mol. The third-order valence-electron chi connectivity index (χ3n) is 3.37. The van der Waals surface area contributed by atoms with Gasteiger partial charge in [-0.15, -0.1) is 10.2 Å². The first kappa shape index (κ1) is 18.4. The number of hydrogen-bond donors (Lipinski definition) is 1. The van der Waals surface area contributed by atoms with Crippen molar-refractivity contribution in [1.29, 1.82) is 0 Å². The molecule has 0 saturated heterocycles. The Balaban J connectivity index is 1.55. The molecule has 8 heteroatoms. The molecule has 0 saturated carbocycles. The van der Waals surface area contributed by atoms with Crippen molar-refractivity contribution >= 4 is 39.2 Å². The van der Waals surface area contributed by atoms with E-state index in [0.29, 0.717) is 22.5 Å². The monoisotopic (exact) mass is 424 g/mol. The molecule has 27 heavy (non-hydrogen) atoms. The van der Waals surface area contributed by atoms with E-state index in [9.17, 15) is 9.59 Å². The molecule has 0 atom stereocenters. The normalized spacial score (nSPS) is 10.6. The number of carbonyl (C=O) groups is 2. The molecule has 0 aliphatic heterocycles. The van der Waals surface area contributed by atoms with Crippen LogP contribution in [0.3, 0.4) is 0 Å². The van der Waals surface area contributed by atoms with E-state index in [1.165, 1.54) is 6.20 Å². The summed E-state index contributed by atoms with van der Waals surface area (Å²) in [5.41, 5.74) is 4.39. The van der Waals surface area contributed by atoms with Gasteiger partial charge in [0.2, 0.25) is 0 Å². The van der Waals surface area contributed by atoms with Gasteiger partial charge in [-0.3, -0.25) is 9.78 Å². The molecule has 1 aromatic heterocycles. The number of nitrogens with zero attached hydrogens (tertiary/aromatic N) is 3. The number of azo groups is 1. The van der Waals surface area contributed by atoms with Crippen LogP contribution >= 0.6 is 15.9 Å². The van der Waals surface area contributed by atoms with Crippen LogP contribution in [0.4, 0.5) is 11.4 Å². The van der Waals surface area contributed by atoms with Crippen molar-refractivity contribution in [2.75, 3.05) is 5.48 Å². The largest absolute Gasteiger partial charge is 0.362 e. The van der Waals surface area contributed by atoms with Crippen LogP contribution in [0.15, 0.2) is 87.8 Å². The van der Waals surface area contributed by atoms with Gasteiger partial charge in [0.15, 0.2) is 0 Å². The Hall–Kier alpha value is -3.39. The van der Waals surface area contributed by atoms with E-state index in [1.54, 1.807) is 66.9 Å². The lowest BCUT2D eigenvalue weighted by Gasteiger charge is -2.07. The van der Waals surface area contributed by atoms with Crippen LogP contribution in [-0.4, -0.2) is 16.9 Å². The van der Waals surface area contributed by atoms with Crippen molar-refractivity contribution < 1.29 is 14.4 Å². The van der Waals surface area contributed by atoms with E-state index in [0.717, 1.165) is 4.47 Å². The zero-order valence-corrected chi connectivity index (χ0v) is 15.5. The quantitative estimate of drug-likeness (QED) is 0.461. The van der Waals surface area contributed by atoms with Gasteiger partial charge in [0.05, 0.1) is 22.5 Å². The number of anilines is 1. The number of hydrogen-bond acceptors (Lipinski definition) is 6. The van der Waals surface area contributed by atoms with Crippen molar-refractivity contribution in [2.24, 2.45) is 10.2 Å². The van der Waals surface area contributed by atoms with E-state index >= 15 is 0 Å². The number of rotatable bonds is 5. The number of nitrogens with one attached hydrogen (secondary N) is 1. The highest BCUT2D eigenvalue weighted by molar-refractivity contribution is 9.10. The van der Waals surface area contributed by atoms with E-state index < -0.39 is 11.9 Å². The fourth-order valence-corrected chi connectivity index (χ4v) is 2.26. The molecule has 0 unspecified atom stereocenters. The van der Waals surface area contributed by atoms with Gasteiger partial charge < -0.3 is 4.84 Å². The summed E-state index contributed by atoms with van der Waals surface area (Å²) < 4.78 is 0.874. The molecule has 134 valence electrons. The van der Waals surface area contributed by atoms with E-state index in [2.05, 4.69) is 36.6 Å². The van der Waals surface area contributed by atoms with Crippen LogP contribution in [0.1, 0.15) is 20.7 Å². The first-order valence-electron chi connectivity index (χ1n) is 7.81. The van der Waals surface area contributed by atoms with Gasteiger partial charge in [0.25, 0.3) is 5.91 Å². The molecule has 3 rings (SSSR count). The van der Waals surface area contributed by atoms with Crippen LogP contribution in [-0.2, 0) is 4.84 Å². The zero-order chi connectivity index (χ0) is 19.1. The predicted molar refractivity (Wildman–Crippen MR) is 103 cm³/mol. The zero-order valence-electron chi connectivity index (χ0n) is 13.9. The molecule has 0 aliphatic rings. The standard InChI is InChI=1S/C19H13BrN4O3/c20-15-5-3-13(4-6-15)19(26)27-24-17-9-7-16(8-10-17)22-23-18(25)14-2-1-11-21-12-14/h1-12,24H. The van der Waals surface area contributed by atoms with Gasteiger partial charge in [-0.2, -0.15) is 0 Å². The third kappa shape index (κ3) is 5.29. The molecule has 0 spiro atoms.